The van der Waals surface area contributed by atoms with Crippen LogP contribution in [0.3, 0.4) is 0 Å². The molecule has 1 radical (unpaired) electrons. The topological polar surface area (TPSA) is 19.9 Å². The zero-order valence-electron chi connectivity index (χ0n) is 4.53. The Morgan fingerprint density at radius 3 is 1.86 bits per heavy atom. The van der Waals surface area contributed by atoms with Gasteiger partial charge in [-0.2, -0.15) is 0 Å². The van der Waals surface area contributed by atoms with Crippen molar-refractivity contribution in [3.05, 3.63) is 0 Å². The summed E-state index contributed by atoms with van der Waals surface area (Å²) >= 11 is 0. The van der Waals surface area contributed by atoms with E-state index in [-0.39, 0.29) is 0 Å². The Morgan fingerprint density at radius 1 is 1.43 bits per heavy atom. The summed E-state index contributed by atoms with van der Waals surface area (Å²) in [7, 11) is 0. The van der Waals surface area contributed by atoms with Gasteiger partial charge in [-0.3, -0.25) is 0 Å². The molecule has 0 bridgehead atoms. The monoisotopic (exact) mass is 97.1 g/mol. The zero-order chi connectivity index (χ0) is 5.12. The van der Waals surface area contributed by atoms with E-state index in [0.29, 0.717) is 5.41 Å². The van der Waals surface area contributed by atoms with Crippen LogP contribution in [0.2, 0.25) is 0 Å². The molecular weight excluding hydrogens is 88.1 g/mol. The van der Waals surface area contributed by atoms with Crippen molar-refractivity contribution < 1.29 is 5.11 Å². The second-order valence-corrected chi connectivity index (χ2v) is 3.19. The quantitative estimate of drug-likeness (QED) is 0.435. The fourth-order valence-electron chi connectivity index (χ4n) is 1.46. The van der Waals surface area contributed by atoms with Crippen molar-refractivity contribution in [1.82, 2.24) is 0 Å². The predicted octanol–water partition coefficient (Wildman–Crippen LogP) is 1.36. The molecule has 1 heteroatoms. The van der Waals surface area contributed by atoms with E-state index in [0.717, 1.165) is 6.42 Å². The molecule has 1 spiro atoms. The van der Waals surface area contributed by atoms with E-state index in [4.69, 9.17) is 0 Å². The van der Waals surface area contributed by atoms with Gasteiger partial charge in [-0.15, -0.1) is 0 Å². The molecule has 1 nitrogen and oxygen atoms in total. The van der Waals surface area contributed by atoms with Gasteiger partial charge in [0.05, 0.1) is 0 Å². The molecule has 1 atom stereocenters. The Labute approximate surface area is 43.3 Å². The van der Waals surface area contributed by atoms with E-state index in [2.05, 4.69) is 0 Å². The van der Waals surface area contributed by atoms with Gasteiger partial charge in [0.15, 0.2) is 0 Å². The summed E-state index contributed by atoms with van der Waals surface area (Å²) in [4.78, 5) is 0. The molecule has 7 heavy (non-hydrogen) atoms. The maximum Gasteiger partial charge on any atom is 0.107 e. The third-order valence-electron chi connectivity index (χ3n) is 2.53. The summed E-state index contributed by atoms with van der Waals surface area (Å²) in [5.41, 5.74) is -0.153. The van der Waals surface area contributed by atoms with Crippen molar-refractivity contribution in [2.24, 2.45) is 5.41 Å². The molecule has 0 aromatic heterocycles. The van der Waals surface area contributed by atoms with Crippen LogP contribution in [0.25, 0.3) is 0 Å². The van der Waals surface area contributed by atoms with Gasteiger partial charge < -0.3 is 0 Å². The minimum absolute atomic E-state index is 0.340. The van der Waals surface area contributed by atoms with Crippen LogP contribution >= 0.6 is 0 Å². The van der Waals surface area contributed by atoms with Gasteiger partial charge in [-0.05, 0) is 26.2 Å². The smallest absolute Gasteiger partial charge is 0.107 e. The lowest BCUT2D eigenvalue weighted by Gasteiger charge is -1.89. The van der Waals surface area contributed by atoms with E-state index in [9.17, 15) is 5.11 Å². The minimum Gasteiger partial charge on any atom is -0.229 e. The van der Waals surface area contributed by atoms with Gasteiger partial charge >= 0.3 is 0 Å². The molecule has 0 amide bonds. The van der Waals surface area contributed by atoms with E-state index in [1.807, 2.05) is 6.92 Å². The maximum absolute atomic E-state index is 10.9. The van der Waals surface area contributed by atoms with Crippen molar-refractivity contribution in [1.29, 1.82) is 0 Å². The first-order valence-electron chi connectivity index (χ1n) is 2.87. The Hall–Kier alpha value is -0.0400. The van der Waals surface area contributed by atoms with E-state index >= 15 is 0 Å². The molecule has 2 aliphatic carbocycles. The van der Waals surface area contributed by atoms with Crippen LogP contribution < -0.4 is 0 Å². The van der Waals surface area contributed by atoms with E-state index in [1.54, 1.807) is 0 Å². The molecule has 2 saturated carbocycles. The van der Waals surface area contributed by atoms with E-state index in [1.165, 1.54) is 12.8 Å². The summed E-state index contributed by atoms with van der Waals surface area (Å²) in [6.07, 6.45) is 3.39. The second-order valence-electron chi connectivity index (χ2n) is 3.19. The molecule has 2 fully saturated rings. The highest BCUT2D eigenvalue weighted by Gasteiger charge is 2.72. The molecule has 0 aromatic carbocycles. The first-order chi connectivity index (χ1) is 3.16. The van der Waals surface area contributed by atoms with Crippen molar-refractivity contribution >= 4 is 0 Å². The lowest BCUT2D eigenvalue weighted by Crippen LogP contribution is -1.99. The molecular formula is C6H9O. The lowest BCUT2D eigenvalue weighted by atomic mass is 10.3. The Kier molecular flexibility index (Phi) is 0.365. The third-order valence-corrected chi connectivity index (χ3v) is 2.53. The number of rotatable bonds is 0. The SMILES string of the molecule is CC1([O])CC12CC2. The van der Waals surface area contributed by atoms with Crippen LogP contribution in [-0.4, -0.2) is 5.60 Å². The largest absolute Gasteiger partial charge is 0.229 e. The van der Waals surface area contributed by atoms with Crippen molar-refractivity contribution in [3.8, 4) is 0 Å². The summed E-state index contributed by atoms with van der Waals surface area (Å²) in [6.45, 7) is 1.83. The first-order valence-corrected chi connectivity index (χ1v) is 2.87. The highest BCUT2D eigenvalue weighted by molar-refractivity contribution is 5.21. The van der Waals surface area contributed by atoms with Gasteiger partial charge in [0.2, 0.25) is 0 Å². The lowest BCUT2D eigenvalue weighted by molar-refractivity contribution is 0.0618. The average molecular weight is 97.1 g/mol. The van der Waals surface area contributed by atoms with Crippen LogP contribution in [0.1, 0.15) is 26.2 Å². The Morgan fingerprint density at radius 2 is 1.86 bits per heavy atom. The van der Waals surface area contributed by atoms with Gasteiger partial charge in [0, 0.05) is 5.41 Å². The summed E-state index contributed by atoms with van der Waals surface area (Å²) in [5, 5.41) is 10.9. The maximum atomic E-state index is 10.9. The standard InChI is InChI=1S/C6H9O/c1-5(7)4-6(5)2-3-6/h2-4H2,1H3. The molecule has 0 aromatic rings. The van der Waals surface area contributed by atoms with Crippen LogP contribution in [-0.2, 0) is 5.11 Å². The number of hydrogen-bond acceptors (Lipinski definition) is 0. The summed E-state index contributed by atoms with van der Waals surface area (Å²) in [6, 6.07) is 0. The molecule has 0 N–H and O–H groups in total. The first kappa shape index (κ1) is 3.90. The van der Waals surface area contributed by atoms with Gasteiger partial charge in [0.1, 0.15) is 5.60 Å². The molecule has 0 saturated heterocycles. The van der Waals surface area contributed by atoms with Crippen molar-refractivity contribution in [2.45, 2.75) is 31.8 Å². The van der Waals surface area contributed by atoms with Crippen LogP contribution in [0.5, 0.6) is 0 Å². The zero-order valence-corrected chi connectivity index (χ0v) is 4.53. The third kappa shape index (κ3) is 0.290. The van der Waals surface area contributed by atoms with Crippen molar-refractivity contribution in [3.63, 3.8) is 0 Å². The van der Waals surface area contributed by atoms with Crippen LogP contribution in [0.15, 0.2) is 0 Å². The summed E-state index contributed by atoms with van der Waals surface area (Å²) in [5.74, 6) is 0. The fraction of sp³-hybridized carbons (Fsp3) is 1.00. The number of hydrogen-bond donors (Lipinski definition) is 0. The second kappa shape index (κ2) is 0.655. The fourth-order valence-corrected chi connectivity index (χ4v) is 1.46. The van der Waals surface area contributed by atoms with Crippen LogP contribution in [0.4, 0.5) is 0 Å². The molecule has 39 valence electrons. The highest BCUT2D eigenvalue weighted by Crippen LogP contribution is 2.73. The highest BCUT2D eigenvalue weighted by atomic mass is 16.3. The average Bonchev–Trinajstić information content (AvgIpc) is 2.22. The van der Waals surface area contributed by atoms with E-state index < -0.39 is 5.60 Å². The molecule has 2 rings (SSSR count). The molecule has 2 aliphatic rings. The predicted molar refractivity (Wildman–Crippen MR) is 25.4 cm³/mol. The molecule has 0 heterocycles. The summed E-state index contributed by atoms with van der Waals surface area (Å²) < 4.78 is 0. The molecule has 0 aliphatic heterocycles. The normalized spacial score (nSPS) is 52.3. The molecule has 1 unspecified atom stereocenters. The Balaban J connectivity index is 2.22. The minimum atomic E-state index is -0.493. The Bertz CT molecular complexity index is 109. The van der Waals surface area contributed by atoms with Crippen molar-refractivity contribution in [2.75, 3.05) is 0 Å². The van der Waals surface area contributed by atoms with Gasteiger partial charge in [-0.1, -0.05) is 0 Å². The van der Waals surface area contributed by atoms with Crippen LogP contribution in [0, 0.1) is 5.41 Å². The van der Waals surface area contributed by atoms with Gasteiger partial charge in [0.25, 0.3) is 0 Å². The van der Waals surface area contributed by atoms with Gasteiger partial charge in [-0.25, -0.2) is 5.11 Å².